The zero-order valence-electron chi connectivity index (χ0n) is 9.81. The van der Waals surface area contributed by atoms with Crippen molar-refractivity contribution in [3.63, 3.8) is 0 Å². The molecule has 4 nitrogen and oxygen atoms in total. The maximum absolute atomic E-state index is 5.65. The maximum Gasteiger partial charge on any atom is 0.0878 e. The Morgan fingerprint density at radius 3 is 2.71 bits per heavy atom. The molecule has 0 saturated carbocycles. The fourth-order valence-electron chi connectivity index (χ4n) is 1.87. The fourth-order valence-corrected chi connectivity index (χ4v) is 2.11. The normalized spacial score (nSPS) is 12.7. The van der Waals surface area contributed by atoms with Crippen LogP contribution >= 0.6 is 15.9 Å². The van der Waals surface area contributed by atoms with E-state index in [0.29, 0.717) is 0 Å². The van der Waals surface area contributed by atoms with Crippen molar-refractivity contribution in [2.45, 2.75) is 13.0 Å². The highest BCUT2D eigenvalue weighted by Crippen LogP contribution is 2.25. The molecule has 0 aliphatic heterocycles. The smallest absolute Gasteiger partial charge is 0.0878 e. The van der Waals surface area contributed by atoms with E-state index < -0.39 is 0 Å². The molecule has 0 aliphatic rings. The summed E-state index contributed by atoms with van der Waals surface area (Å²) >= 11 is 3.49. The highest BCUT2D eigenvalue weighted by molar-refractivity contribution is 9.10. The molecular formula is C12H15BrN4. The van der Waals surface area contributed by atoms with Gasteiger partial charge in [-0.1, -0.05) is 28.1 Å². The molecule has 0 aliphatic carbocycles. The molecular weight excluding hydrogens is 280 g/mol. The van der Waals surface area contributed by atoms with Crippen molar-refractivity contribution in [2.75, 3.05) is 0 Å². The molecule has 1 unspecified atom stereocenters. The van der Waals surface area contributed by atoms with Crippen LogP contribution in [0, 0.1) is 6.92 Å². The van der Waals surface area contributed by atoms with Crippen LogP contribution in [-0.4, -0.2) is 9.78 Å². The third-order valence-electron chi connectivity index (χ3n) is 2.84. The van der Waals surface area contributed by atoms with Gasteiger partial charge in [-0.2, -0.15) is 5.10 Å². The second kappa shape index (κ2) is 5.00. The van der Waals surface area contributed by atoms with Gasteiger partial charge in [0.15, 0.2) is 0 Å². The van der Waals surface area contributed by atoms with Crippen LogP contribution in [0.15, 0.2) is 34.9 Å². The van der Waals surface area contributed by atoms with Crippen molar-refractivity contribution in [2.24, 2.45) is 12.9 Å². The van der Waals surface area contributed by atoms with E-state index in [4.69, 9.17) is 5.84 Å². The lowest BCUT2D eigenvalue weighted by Gasteiger charge is -2.17. The lowest BCUT2D eigenvalue weighted by molar-refractivity contribution is 0.575. The average molecular weight is 295 g/mol. The van der Waals surface area contributed by atoms with Crippen LogP contribution in [0.2, 0.25) is 0 Å². The average Bonchev–Trinajstić information content (AvgIpc) is 2.71. The third-order valence-corrected chi connectivity index (χ3v) is 3.73. The molecule has 5 heteroatoms. The van der Waals surface area contributed by atoms with Crippen LogP contribution in [0.4, 0.5) is 0 Å². The Morgan fingerprint density at radius 1 is 1.41 bits per heavy atom. The van der Waals surface area contributed by atoms with Crippen LogP contribution < -0.4 is 11.3 Å². The molecule has 90 valence electrons. The van der Waals surface area contributed by atoms with Gasteiger partial charge in [0.2, 0.25) is 0 Å². The Bertz CT molecular complexity index is 521. The van der Waals surface area contributed by atoms with Crippen LogP contribution in [0.3, 0.4) is 0 Å². The van der Waals surface area contributed by atoms with Gasteiger partial charge in [-0.25, -0.2) is 5.43 Å². The second-order valence-electron chi connectivity index (χ2n) is 3.99. The first-order chi connectivity index (χ1) is 8.13. The molecule has 0 radical (unpaired) electrons. The topological polar surface area (TPSA) is 55.9 Å². The minimum absolute atomic E-state index is 0.0469. The third kappa shape index (κ3) is 2.41. The van der Waals surface area contributed by atoms with E-state index in [-0.39, 0.29) is 6.04 Å². The molecule has 1 heterocycles. The van der Waals surface area contributed by atoms with E-state index in [0.717, 1.165) is 15.7 Å². The monoisotopic (exact) mass is 294 g/mol. The van der Waals surface area contributed by atoms with Crippen LogP contribution in [0.5, 0.6) is 0 Å². The standard InChI is InChI=1S/C12H15BrN4/c1-8-7-9(3-4-10(8)13)12(16-14)11-5-6-15-17(11)2/h3-7,12,16H,14H2,1-2H3. The van der Waals surface area contributed by atoms with Crippen molar-refractivity contribution in [1.29, 1.82) is 0 Å². The SMILES string of the molecule is Cc1cc(C(NN)c2ccnn2C)ccc1Br. The quantitative estimate of drug-likeness (QED) is 0.673. The minimum atomic E-state index is -0.0469. The number of benzene rings is 1. The summed E-state index contributed by atoms with van der Waals surface area (Å²) in [5.74, 6) is 5.65. The van der Waals surface area contributed by atoms with Gasteiger partial charge in [-0.3, -0.25) is 10.5 Å². The molecule has 1 atom stereocenters. The van der Waals surface area contributed by atoms with Gasteiger partial charge < -0.3 is 0 Å². The summed E-state index contributed by atoms with van der Waals surface area (Å²) in [4.78, 5) is 0. The van der Waals surface area contributed by atoms with Gasteiger partial charge in [0.05, 0.1) is 11.7 Å². The summed E-state index contributed by atoms with van der Waals surface area (Å²) < 4.78 is 2.92. The first kappa shape index (κ1) is 12.3. The van der Waals surface area contributed by atoms with Gasteiger partial charge in [0.25, 0.3) is 0 Å². The number of rotatable bonds is 3. The highest BCUT2D eigenvalue weighted by atomic mass is 79.9. The first-order valence-corrected chi connectivity index (χ1v) is 6.13. The summed E-state index contributed by atoms with van der Waals surface area (Å²) in [6.45, 7) is 2.06. The molecule has 1 aromatic heterocycles. The van der Waals surface area contributed by atoms with Gasteiger partial charge >= 0.3 is 0 Å². The van der Waals surface area contributed by atoms with Crippen molar-refractivity contribution < 1.29 is 0 Å². The molecule has 0 amide bonds. The van der Waals surface area contributed by atoms with E-state index in [2.05, 4.69) is 45.5 Å². The highest BCUT2D eigenvalue weighted by Gasteiger charge is 2.16. The molecule has 2 rings (SSSR count). The number of aryl methyl sites for hydroxylation is 2. The van der Waals surface area contributed by atoms with E-state index in [9.17, 15) is 0 Å². The summed E-state index contributed by atoms with van der Waals surface area (Å²) in [6, 6.07) is 8.11. The number of nitrogens with two attached hydrogens (primary N) is 1. The molecule has 2 aromatic rings. The summed E-state index contributed by atoms with van der Waals surface area (Å²) in [7, 11) is 1.91. The number of halogens is 1. The number of hydrogen-bond donors (Lipinski definition) is 2. The van der Waals surface area contributed by atoms with Gasteiger partial charge in [0, 0.05) is 17.7 Å². The van der Waals surface area contributed by atoms with Crippen molar-refractivity contribution in [3.05, 3.63) is 51.8 Å². The van der Waals surface area contributed by atoms with Gasteiger partial charge in [-0.05, 0) is 30.2 Å². The second-order valence-corrected chi connectivity index (χ2v) is 4.84. The van der Waals surface area contributed by atoms with Crippen molar-refractivity contribution >= 4 is 15.9 Å². The van der Waals surface area contributed by atoms with Crippen LogP contribution in [0.1, 0.15) is 22.9 Å². The molecule has 1 aromatic carbocycles. The Hall–Kier alpha value is -1.17. The fraction of sp³-hybridized carbons (Fsp3) is 0.250. The van der Waals surface area contributed by atoms with Gasteiger partial charge in [0.1, 0.15) is 0 Å². The number of nitrogens with one attached hydrogen (secondary N) is 1. The number of aromatic nitrogens is 2. The lowest BCUT2D eigenvalue weighted by atomic mass is 10.0. The van der Waals surface area contributed by atoms with E-state index >= 15 is 0 Å². The van der Waals surface area contributed by atoms with E-state index in [1.165, 1.54) is 5.56 Å². The Morgan fingerprint density at radius 2 is 2.18 bits per heavy atom. The lowest BCUT2D eigenvalue weighted by Crippen LogP contribution is -2.30. The minimum Gasteiger partial charge on any atom is -0.271 e. The number of hydrogen-bond acceptors (Lipinski definition) is 3. The summed E-state index contributed by atoms with van der Waals surface area (Å²) in [6.07, 6.45) is 1.77. The Labute approximate surface area is 109 Å². The maximum atomic E-state index is 5.65. The largest absolute Gasteiger partial charge is 0.271 e. The van der Waals surface area contributed by atoms with Crippen molar-refractivity contribution in [3.8, 4) is 0 Å². The first-order valence-electron chi connectivity index (χ1n) is 5.33. The molecule has 17 heavy (non-hydrogen) atoms. The predicted molar refractivity (Wildman–Crippen MR) is 71.3 cm³/mol. The van der Waals surface area contributed by atoms with Crippen molar-refractivity contribution in [1.82, 2.24) is 15.2 Å². The number of nitrogens with zero attached hydrogens (tertiary/aromatic N) is 2. The van der Waals surface area contributed by atoms with E-state index in [1.807, 2.05) is 23.9 Å². The predicted octanol–water partition coefficient (Wildman–Crippen LogP) is 2.04. The van der Waals surface area contributed by atoms with E-state index in [1.54, 1.807) is 6.20 Å². The zero-order chi connectivity index (χ0) is 12.4. The summed E-state index contributed by atoms with van der Waals surface area (Å²) in [5.41, 5.74) is 6.18. The molecule has 3 N–H and O–H groups in total. The van der Waals surface area contributed by atoms with Crippen LogP contribution in [-0.2, 0) is 7.05 Å². The molecule has 0 spiro atoms. The molecule has 0 fully saturated rings. The number of hydrazine groups is 1. The summed E-state index contributed by atoms with van der Waals surface area (Å²) in [5, 5.41) is 4.16. The Kier molecular flexibility index (Phi) is 3.61. The zero-order valence-corrected chi connectivity index (χ0v) is 11.4. The Balaban J connectivity index is 2.42. The van der Waals surface area contributed by atoms with Crippen LogP contribution in [0.25, 0.3) is 0 Å². The molecule has 0 bridgehead atoms. The van der Waals surface area contributed by atoms with Gasteiger partial charge in [-0.15, -0.1) is 0 Å². The molecule has 0 saturated heterocycles.